The highest BCUT2D eigenvalue weighted by Crippen LogP contribution is 2.21. The third-order valence-electron chi connectivity index (χ3n) is 2.72. The number of carboxylic acid groups (broad SMARTS) is 1. The van der Waals surface area contributed by atoms with Gasteiger partial charge in [-0.3, -0.25) is 4.79 Å². The van der Waals surface area contributed by atoms with E-state index in [0.29, 0.717) is 0 Å². The van der Waals surface area contributed by atoms with Crippen molar-refractivity contribution in [1.29, 1.82) is 0 Å². The van der Waals surface area contributed by atoms with Gasteiger partial charge in [-0.15, -0.1) is 0 Å². The van der Waals surface area contributed by atoms with Crippen LogP contribution in [0.2, 0.25) is 0 Å². The Bertz CT molecular complexity index is 368. The number of carboxylic acids is 1. The molecule has 0 bridgehead atoms. The summed E-state index contributed by atoms with van der Waals surface area (Å²) in [6, 6.07) is 0. The van der Waals surface area contributed by atoms with E-state index in [1.165, 1.54) is 6.42 Å². The van der Waals surface area contributed by atoms with E-state index in [-0.39, 0.29) is 6.54 Å². The van der Waals surface area contributed by atoms with Crippen LogP contribution in [0.4, 0.5) is 0 Å². The van der Waals surface area contributed by atoms with Gasteiger partial charge in [0.05, 0.1) is 5.69 Å². The molecule has 4 nitrogen and oxygen atoms in total. The van der Waals surface area contributed by atoms with Crippen molar-refractivity contribution in [2.24, 2.45) is 0 Å². The molecular weight excluding hydrogens is 180 g/mol. The molecule has 1 aromatic rings. The average molecular weight is 194 g/mol. The first kappa shape index (κ1) is 9.24. The van der Waals surface area contributed by atoms with Crippen molar-refractivity contribution in [3.63, 3.8) is 0 Å². The predicted octanol–water partition coefficient (Wildman–Crippen LogP) is 1.15. The minimum Gasteiger partial charge on any atom is -0.480 e. The second-order valence-corrected chi connectivity index (χ2v) is 3.74. The lowest BCUT2D eigenvalue weighted by Gasteiger charge is -2.12. The summed E-state index contributed by atoms with van der Waals surface area (Å²) in [6.07, 6.45) is 4.31. The van der Waals surface area contributed by atoms with Crippen LogP contribution >= 0.6 is 0 Å². The molecule has 0 aromatic carbocycles. The van der Waals surface area contributed by atoms with Crippen LogP contribution in [0, 0.1) is 6.92 Å². The van der Waals surface area contributed by atoms with Crippen LogP contribution in [0.5, 0.6) is 0 Å². The molecule has 1 N–H and O–H groups in total. The summed E-state index contributed by atoms with van der Waals surface area (Å²) in [4.78, 5) is 15.1. The summed E-state index contributed by atoms with van der Waals surface area (Å²) in [5, 5.41) is 8.76. The number of hydrogen-bond donors (Lipinski definition) is 1. The molecule has 0 radical (unpaired) electrons. The first-order valence-electron chi connectivity index (χ1n) is 4.95. The fourth-order valence-electron chi connectivity index (χ4n) is 2.08. The quantitative estimate of drug-likeness (QED) is 0.768. The maximum absolute atomic E-state index is 10.7. The third-order valence-corrected chi connectivity index (χ3v) is 2.72. The monoisotopic (exact) mass is 194 g/mol. The molecule has 0 atom stereocenters. The van der Waals surface area contributed by atoms with E-state index in [1.54, 1.807) is 0 Å². The number of carbonyl (C=O) groups is 1. The van der Waals surface area contributed by atoms with Crippen LogP contribution in [-0.4, -0.2) is 20.6 Å². The summed E-state index contributed by atoms with van der Waals surface area (Å²) in [5.41, 5.74) is 2.24. The first-order valence-corrected chi connectivity index (χ1v) is 4.95. The van der Waals surface area contributed by atoms with Crippen molar-refractivity contribution in [2.45, 2.75) is 39.2 Å². The molecule has 0 saturated heterocycles. The second kappa shape index (κ2) is 3.44. The molecule has 0 aliphatic heterocycles. The Morgan fingerprint density at radius 1 is 1.50 bits per heavy atom. The number of fused-ring (bicyclic) bond motifs is 1. The number of imidazole rings is 1. The molecule has 0 fully saturated rings. The average Bonchev–Trinajstić information content (AvgIpc) is 2.43. The molecule has 0 saturated carbocycles. The van der Waals surface area contributed by atoms with Gasteiger partial charge in [-0.25, -0.2) is 4.98 Å². The van der Waals surface area contributed by atoms with Gasteiger partial charge in [0.1, 0.15) is 12.4 Å². The zero-order valence-electron chi connectivity index (χ0n) is 8.29. The van der Waals surface area contributed by atoms with Crippen LogP contribution < -0.4 is 0 Å². The normalized spacial score (nSPS) is 15.2. The Morgan fingerprint density at radius 3 is 2.93 bits per heavy atom. The molecule has 1 aliphatic rings. The van der Waals surface area contributed by atoms with Gasteiger partial charge < -0.3 is 9.67 Å². The molecule has 4 heteroatoms. The minimum atomic E-state index is -0.793. The van der Waals surface area contributed by atoms with Crippen molar-refractivity contribution < 1.29 is 9.90 Å². The van der Waals surface area contributed by atoms with Crippen molar-refractivity contribution in [1.82, 2.24) is 9.55 Å². The number of hydrogen-bond acceptors (Lipinski definition) is 2. The summed E-state index contributed by atoms with van der Waals surface area (Å²) in [6.45, 7) is 1.93. The molecule has 1 aromatic heterocycles. The van der Waals surface area contributed by atoms with Crippen molar-refractivity contribution in [3.05, 3.63) is 17.2 Å². The molecule has 76 valence electrons. The predicted molar refractivity (Wildman–Crippen MR) is 51.2 cm³/mol. The molecule has 0 spiro atoms. The van der Waals surface area contributed by atoms with E-state index in [9.17, 15) is 4.79 Å². The summed E-state index contributed by atoms with van der Waals surface area (Å²) in [7, 11) is 0. The van der Waals surface area contributed by atoms with E-state index in [2.05, 4.69) is 4.98 Å². The van der Waals surface area contributed by atoms with E-state index in [4.69, 9.17) is 5.11 Å². The van der Waals surface area contributed by atoms with Crippen LogP contribution in [0.15, 0.2) is 0 Å². The number of aryl methyl sites for hydroxylation is 2. The van der Waals surface area contributed by atoms with Crippen LogP contribution in [0.3, 0.4) is 0 Å². The van der Waals surface area contributed by atoms with Gasteiger partial charge in [0.15, 0.2) is 0 Å². The number of aromatic nitrogens is 2. The number of aliphatic carboxylic acids is 1. The summed E-state index contributed by atoms with van der Waals surface area (Å²) >= 11 is 0. The van der Waals surface area contributed by atoms with E-state index >= 15 is 0 Å². The zero-order valence-corrected chi connectivity index (χ0v) is 8.29. The van der Waals surface area contributed by atoms with E-state index < -0.39 is 5.97 Å². The maximum atomic E-state index is 10.7. The third kappa shape index (κ3) is 1.52. The Morgan fingerprint density at radius 2 is 2.21 bits per heavy atom. The molecule has 1 heterocycles. The van der Waals surface area contributed by atoms with Gasteiger partial charge in [-0.1, -0.05) is 0 Å². The lowest BCUT2D eigenvalue weighted by Crippen LogP contribution is -2.15. The van der Waals surface area contributed by atoms with Gasteiger partial charge in [-0.05, 0) is 32.6 Å². The van der Waals surface area contributed by atoms with Crippen molar-refractivity contribution in [2.75, 3.05) is 0 Å². The summed E-state index contributed by atoms with van der Waals surface area (Å²) in [5.74, 6) is 0.0400. The van der Waals surface area contributed by atoms with Crippen LogP contribution in [-0.2, 0) is 24.2 Å². The lowest BCUT2D eigenvalue weighted by atomic mass is 10.0. The zero-order chi connectivity index (χ0) is 10.1. The highest BCUT2D eigenvalue weighted by atomic mass is 16.4. The standard InChI is InChI=1S/C10H14N2O2/c1-7-11-8-4-2-3-5-9(8)12(7)6-10(13)14/h2-6H2,1H3,(H,13,14). The Labute approximate surface area is 82.6 Å². The van der Waals surface area contributed by atoms with Crippen molar-refractivity contribution >= 4 is 5.97 Å². The molecule has 2 rings (SSSR count). The van der Waals surface area contributed by atoms with Crippen molar-refractivity contribution in [3.8, 4) is 0 Å². The van der Waals surface area contributed by atoms with Gasteiger partial charge in [0, 0.05) is 5.69 Å². The maximum Gasteiger partial charge on any atom is 0.323 e. The molecule has 0 unspecified atom stereocenters. The molecular formula is C10H14N2O2. The fourth-order valence-corrected chi connectivity index (χ4v) is 2.08. The Kier molecular flexibility index (Phi) is 2.27. The summed E-state index contributed by atoms with van der Waals surface area (Å²) < 4.78 is 1.83. The highest BCUT2D eigenvalue weighted by molar-refractivity contribution is 5.66. The smallest absolute Gasteiger partial charge is 0.323 e. The second-order valence-electron chi connectivity index (χ2n) is 3.74. The largest absolute Gasteiger partial charge is 0.480 e. The molecule has 14 heavy (non-hydrogen) atoms. The lowest BCUT2D eigenvalue weighted by molar-refractivity contribution is -0.137. The minimum absolute atomic E-state index is 0.0498. The molecule has 0 amide bonds. The van der Waals surface area contributed by atoms with Gasteiger partial charge in [0.25, 0.3) is 0 Å². The van der Waals surface area contributed by atoms with Gasteiger partial charge in [0.2, 0.25) is 0 Å². The van der Waals surface area contributed by atoms with Gasteiger partial charge in [-0.2, -0.15) is 0 Å². The van der Waals surface area contributed by atoms with E-state index in [1.807, 2.05) is 11.5 Å². The van der Waals surface area contributed by atoms with E-state index in [0.717, 1.165) is 36.5 Å². The fraction of sp³-hybridized carbons (Fsp3) is 0.600. The highest BCUT2D eigenvalue weighted by Gasteiger charge is 2.18. The topological polar surface area (TPSA) is 55.1 Å². The number of nitrogens with zero attached hydrogens (tertiary/aromatic N) is 2. The Balaban J connectivity index is 2.37. The Hall–Kier alpha value is -1.32. The molecule has 1 aliphatic carbocycles. The van der Waals surface area contributed by atoms with Crippen LogP contribution in [0.1, 0.15) is 30.1 Å². The first-order chi connectivity index (χ1) is 6.68. The van der Waals surface area contributed by atoms with Crippen LogP contribution in [0.25, 0.3) is 0 Å². The SMILES string of the molecule is Cc1nc2c(n1CC(=O)O)CCCC2. The number of rotatable bonds is 2. The van der Waals surface area contributed by atoms with Gasteiger partial charge >= 0.3 is 5.97 Å².